The van der Waals surface area contributed by atoms with E-state index in [4.69, 9.17) is 30.5 Å². The van der Waals surface area contributed by atoms with Crippen LogP contribution < -0.4 is 29.0 Å². The molecule has 35 heavy (non-hydrogen) atoms. The summed E-state index contributed by atoms with van der Waals surface area (Å²) in [5.74, 6) is 2.27. The minimum Gasteiger partial charge on any atom is -0.497 e. The lowest BCUT2D eigenvalue weighted by Gasteiger charge is -2.14. The molecule has 2 heterocycles. The van der Waals surface area contributed by atoms with E-state index in [1.807, 2.05) is 42.5 Å². The summed E-state index contributed by atoms with van der Waals surface area (Å²) in [4.78, 5) is 18.2. The molecular formula is C26H21ClN2O5S. The average molecular weight is 509 g/mol. The summed E-state index contributed by atoms with van der Waals surface area (Å²) >= 11 is 7.84. The highest BCUT2D eigenvalue weighted by molar-refractivity contribution is 7.15. The number of methoxy groups -OCH3 is 2. The standard InChI is InChI=1S/C26H21ClN2O5S/c1-31-17-6-5-7-18(15-17)33-10-11-34-24-19(27)12-16(13-22(24)32-2)14-23-25(30)29-21-9-4-3-8-20(21)28-26(29)35-23/h3-9,12-15H,10-11H2,1-2H3. The molecule has 3 aromatic carbocycles. The van der Waals surface area contributed by atoms with Crippen LogP contribution in [0, 0.1) is 0 Å². The van der Waals surface area contributed by atoms with E-state index in [2.05, 4.69) is 4.98 Å². The van der Waals surface area contributed by atoms with Crippen molar-refractivity contribution in [1.82, 2.24) is 9.38 Å². The molecule has 0 atom stereocenters. The van der Waals surface area contributed by atoms with E-state index in [0.717, 1.165) is 16.6 Å². The van der Waals surface area contributed by atoms with Crippen LogP contribution in [-0.2, 0) is 0 Å². The topological polar surface area (TPSA) is 71.3 Å². The number of halogens is 1. The van der Waals surface area contributed by atoms with Gasteiger partial charge >= 0.3 is 0 Å². The fourth-order valence-electron chi connectivity index (χ4n) is 3.72. The Hall–Kier alpha value is -3.75. The molecule has 5 aromatic rings. The van der Waals surface area contributed by atoms with E-state index in [1.54, 1.807) is 42.9 Å². The number of hydrogen-bond acceptors (Lipinski definition) is 7. The Kier molecular flexibility index (Phi) is 6.48. The third-order valence-electron chi connectivity index (χ3n) is 5.33. The van der Waals surface area contributed by atoms with Crippen LogP contribution in [0.1, 0.15) is 5.56 Å². The molecule has 0 unspecified atom stereocenters. The lowest BCUT2D eigenvalue weighted by molar-refractivity contribution is 0.211. The molecule has 0 aliphatic heterocycles. The van der Waals surface area contributed by atoms with Crippen molar-refractivity contribution in [1.29, 1.82) is 0 Å². The van der Waals surface area contributed by atoms with E-state index in [0.29, 0.717) is 44.1 Å². The van der Waals surface area contributed by atoms with Crippen molar-refractivity contribution in [3.05, 3.63) is 86.1 Å². The Labute approximate surface area is 209 Å². The zero-order chi connectivity index (χ0) is 24.4. The monoisotopic (exact) mass is 508 g/mol. The smallest absolute Gasteiger partial charge is 0.274 e. The van der Waals surface area contributed by atoms with Crippen molar-refractivity contribution in [3.63, 3.8) is 0 Å². The number of ether oxygens (including phenoxy) is 4. The number of thiazole rings is 1. The van der Waals surface area contributed by atoms with Gasteiger partial charge in [0.15, 0.2) is 16.5 Å². The third kappa shape index (κ3) is 4.62. The Morgan fingerprint density at radius 3 is 2.60 bits per heavy atom. The van der Waals surface area contributed by atoms with Crippen LogP contribution in [0.25, 0.3) is 22.1 Å². The van der Waals surface area contributed by atoms with Gasteiger partial charge in [0, 0.05) is 6.07 Å². The van der Waals surface area contributed by atoms with Gasteiger partial charge in [-0.2, -0.15) is 0 Å². The quantitative estimate of drug-likeness (QED) is 0.286. The van der Waals surface area contributed by atoms with Gasteiger partial charge < -0.3 is 18.9 Å². The summed E-state index contributed by atoms with van der Waals surface area (Å²) < 4.78 is 24.4. The van der Waals surface area contributed by atoms with Crippen LogP contribution in [0.4, 0.5) is 0 Å². The van der Waals surface area contributed by atoms with Gasteiger partial charge in [-0.05, 0) is 48.0 Å². The molecule has 0 saturated heterocycles. The van der Waals surface area contributed by atoms with E-state index < -0.39 is 0 Å². The molecule has 0 amide bonds. The predicted octanol–water partition coefficient (Wildman–Crippen LogP) is 4.59. The summed E-state index contributed by atoms with van der Waals surface area (Å²) in [7, 11) is 3.15. The Bertz CT molecular complexity index is 1630. The van der Waals surface area contributed by atoms with Crippen LogP contribution in [0.2, 0.25) is 5.02 Å². The molecular weight excluding hydrogens is 488 g/mol. The van der Waals surface area contributed by atoms with Gasteiger partial charge in [-0.1, -0.05) is 41.1 Å². The predicted molar refractivity (Wildman–Crippen MR) is 138 cm³/mol. The molecule has 0 aliphatic carbocycles. The molecule has 0 fully saturated rings. The van der Waals surface area contributed by atoms with Crippen LogP contribution in [-0.4, -0.2) is 36.8 Å². The van der Waals surface area contributed by atoms with E-state index >= 15 is 0 Å². The molecule has 0 saturated carbocycles. The molecule has 0 bridgehead atoms. The maximum atomic E-state index is 13.0. The molecule has 0 spiro atoms. The Balaban J connectivity index is 1.36. The van der Waals surface area contributed by atoms with Gasteiger partial charge in [0.25, 0.3) is 5.56 Å². The van der Waals surface area contributed by atoms with E-state index in [9.17, 15) is 4.79 Å². The highest BCUT2D eigenvalue weighted by Gasteiger charge is 2.14. The van der Waals surface area contributed by atoms with Crippen molar-refractivity contribution in [2.75, 3.05) is 27.4 Å². The van der Waals surface area contributed by atoms with Gasteiger partial charge in [-0.3, -0.25) is 4.79 Å². The summed E-state index contributed by atoms with van der Waals surface area (Å²) in [5.41, 5.74) is 2.18. The first-order valence-electron chi connectivity index (χ1n) is 10.8. The number of nitrogens with zero attached hydrogens (tertiary/aromatic N) is 2. The average Bonchev–Trinajstić information content (AvgIpc) is 3.38. The van der Waals surface area contributed by atoms with Crippen LogP contribution in [0.3, 0.4) is 0 Å². The number of hydrogen-bond donors (Lipinski definition) is 0. The van der Waals surface area contributed by atoms with Crippen LogP contribution >= 0.6 is 22.9 Å². The van der Waals surface area contributed by atoms with Crippen molar-refractivity contribution >= 4 is 45.0 Å². The van der Waals surface area contributed by atoms with Crippen LogP contribution in [0.5, 0.6) is 23.0 Å². The lowest BCUT2D eigenvalue weighted by Crippen LogP contribution is -2.22. The Morgan fingerprint density at radius 1 is 0.971 bits per heavy atom. The maximum Gasteiger partial charge on any atom is 0.274 e. The molecule has 2 aromatic heterocycles. The molecule has 9 heteroatoms. The molecule has 0 aliphatic rings. The van der Waals surface area contributed by atoms with Crippen molar-refractivity contribution < 1.29 is 18.9 Å². The van der Waals surface area contributed by atoms with Crippen molar-refractivity contribution in [3.8, 4) is 23.0 Å². The zero-order valence-electron chi connectivity index (χ0n) is 19.0. The number of imidazole rings is 1. The molecule has 7 nitrogen and oxygen atoms in total. The number of aromatic nitrogens is 2. The highest BCUT2D eigenvalue weighted by atomic mass is 35.5. The van der Waals surface area contributed by atoms with Gasteiger partial charge in [0.1, 0.15) is 24.7 Å². The summed E-state index contributed by atoms with van der Waals surface area (Å²) in [5, 5.41) is 0.371. The first-order chi connectivity index (χ1) is 17.1. The van der Waals surface area contributed by atoms with Crippen molar-refractivity contribution in [2.45, 2.75) is 0 Å². The molecule has 0 radical (unpaired) electrons. The van der Waals surface area contributed by atoms with Gasteiger partial charge in [-0.25, -0.2) is 9.38 Å². The highest BCUT2D eigenvalue weighted by Crippen LogP contribution is 2.36. The lowest BCUT2D eigenvalue weighted by atomic mass is 10.2. The summed E-state index contributed by atoms with van der Waals surface area (Å²) in [6.07, 6.45) is 1.78. The number of benzene rings is 3. The van der Waals surface area contributed by atoms with Crippen molar-refractivity contribution in [2.24, 2.45) is 0 Å². The molecule has 178 valence electrons. The minimum atomic E-state index is -0.121. The van der Waals surface area contributed by atoms with Gasteiger partial charge in [-0.15, -0.1) is 0 Å². The summed E-state index contributed by atoms with van der Waals surface area (Å²) in [6.45, 7) is 0.569. The minimum absolute atomic E-state index is 0.121. The fourth-order valence-corrected chi connectivity index (χ4v) is 4.98. The number of rotatable bonds is 8. The first-order valence-corrected chi connectivity index (χ1v) is 12.0. The van der Waals surface area contributed by atoms with E-state index in [-0.39, 0.29) is 12.2 Å². The second-order valence-corrected chi connectivity index (χ2v) is 8.96. The first kappa shape index (κ1) is 23.0. The third-order valence-corrected chi connectivity index (χ3v) is 6.58. The SMILES string of the molecule is COc1cccc(OCCOc2c(Cl)cc(C=c3sc4nc5ccccc5n4c3=O)cc2OC)c1. The largest absolute Gasteiger partial charge is 0.497 e. The van der Waals surface area contributed by atoms with Gasteiger partial charge in [0.2, 0.25) is 0 Å². The maximum absolute atomic E-state index is 13.0. The number of fused-ring (bicyclic) bond motifs is 3. The second kappa shape index (κ2) is 9.85. The Morgan fingerprint density at radius 2 is 1.77 bits per heavy atom. The normalized spacial score (nSPS) is 11.8. The second-order valence-electron chi connectivity index (χ2n) is 7.54. The molecule has 0 N–H and O–H groups in total. The zero-order valence-corrected chi connectivity index (χ0v) is 20.6. The number of para-hydroxylation sites is 2. The molecule has 5 rings (SSSR count). The fraction of sp³-hybridized carbons (Fsp3) is 0.154. The van der Waals surface area contributed by atoms with Gasteiger partial charge in [0.05, 0.1) is 34.8 Å². The summed E-state index contributed by atoms with van der Waals surface area (Å²) in [6, 6.07) is 18.4. The van der Waals surface area contributed by atoms with E-state index in [1.165, 1.54) is 11.3 Å². The van der Waals surface area contributed by atoms with Crippen LogP contribution in [0.15, 0.2) is 65.5 Å².